The van der Waals surface area contributed by atoms with E-state index in [1.165, 1.54) is 6.33 Å². The highest BCUT2D eigenvalue weighted by Crippen LogP contribution is 2.26. The van der Waals surface area contributed by atoms with Gasteiger partial charge < -0.3 is 10.5 Å². The Hall–Kier alpha value is -1.42. The second-order valence-corrected chi connectivity index (χ2v) is 4.55. The van der Waals surface area contributed by atoms with Gasteiger partial charge in [-0.3, -0.25) is 0 Å². The van der Waals surface area contributed by atoms with E-state index in [4.69, 9.17) is 10.5 Å². The molecule has 4 heteroatoms. The summed E-state index contributed by atoms with van der Waals surface area (Å²) in [6, 6.07) is 0. The van der Waals surface area contributed by atoms with Gasteiger partial charge in [0.1, 0.15) is 6.33 Å². The second kappa shape index (κ2) is 5.77. The first kappa shape index (κ1) is 12.0. The van der Waals surface area contributed by atoms with Gasteiger partial charge in [-0.15, -0.1) is 0 Å². The predicted molar refractivity (Wildman–Crippen MR) is 66.4 cm³/mol. The third-order valence-corrected chi connectivity index (χ3v) is 3.32. The highest BCUT2D eigenvalue weighted by atomic mass is 16.5. The zero-order chi connectivity index (χ0) is 12.1. The molecule has 2 N–H and O–H groups in total. The normalized spacial score (nSPS) is 23.6. The summed E-state index contributed by atoms with van der Waals surface area (Å²) >= 11 is 0. The van der Waals surface area contributed by atoms with Gasteiger partial charge in [0.05, 0.1) is 6.61 Å². The summed E-state index contributed by atoms with van der Waals surface area (Å²) in [5.41, 5.74) is 6.48. The number of aromatic nitrogens is 2. The Balaban J connectivity index is 1.95. The highest BCUT2D eigenvalue weighted by Gasteiger charge is 2.19. The van der Waals surface area contributed by atoms with Crippen molar-refractivity contribution in [1.29, 1.82) is 0 Å². The summed E-state index contributed by atoms with van der Waals surface area (Å²) in [6.07, 6.45) is 9.92. The van der Waals surface area contributed by atoms with Crippen molar-refractivity contribution in [3.05, 3.63) is 30.2 Å². The molecule has 0 aliphatic heterocycles. The lowest BCUT2D eigenvalue weighted by Gasteiger charge is -2.25. The quantitative estimate of drug-likeness (QED) is 0.807. The minimum Gasteiger partial charge on any atom is -0.477 e. The van der Waals surface area contributed by atoms with E-state index in [0.717, 1.165) is 18.4 Å². The lowest BCUT2D eigenvalue weighted by Crippen LogP contribution is -2.22. The lowest BCUT2D eigenvalue weighted by atomic mass is 9.85. The summed E-state index contributed by atoms with van der Waals surface area (Å²) in [7, 11) is 0. The van der Waals surface area contributed by atoms with Gasteiger partial charge in [0.15, 0.2) is 0 Å². The van der Waals surface area contributed by atoms with Crippen LogP contribution >= 0.6 is 0 Å². The van der Waals surface area contributed by atoms with Gasteiger partial charge in [-0.05, 0) is 24.7 Å². The molecule has 1 heterocycles. The molecule has 0 radical (unpaired) electrons. The molecule has 2 unspecified atom stereocenters. The van der Waals surface area contributed by atoms with Crippen molar-refractivity contribution in [2.24, 2.45) is 17.6 Å². The Morgan fingerprint density at radius 1 is 1.41 bits per heavy atom. The monoisotopic (exact) mass is 233 g/mol. The zero-order valence-electron chi connectivity index (χ0n) is 10.2. The maximum absolute atomic E-state index is 5.77. The number of hydrogen-bond donors (Lipinski definition) is 1. The first-order valence-corrected chi connectivity index (χ1v) is 6.08. The van der Waals surface area contributed by atoms with E-state index in [-0.39, 0.29) is 0 Å². The molecule has 1 aliphatic rings. The van der Waals surface area contributed by atoms with Crippen molar-refractivity contribution in [2.45, 2.75) is 26.3 Å². The Bertz CT molecular complexity index is 392. The van der Waals surface area contributed by atoms with Crippen molar-refractivity contribution in [3.8, 4) is 5.88 Å². The number of ether oxygens (including phenoxy) is 1. The number of hydrogen-bond acceptors (Lipinski definition) is 4. The zero-order valence-corrected chi connectivity index (χ0v) is 10.2. The summed E-state index contributed by atoms with van der Waals surface area (Å²) in [5, 5.41) is 0. The maximum Gasteiger partial charge on any atom is 0.220 e. The Labute approximate surface area is 102 Å². The summed E-state index contributed by atoms with van der Waals surface area (Å²) < 4.78 is 5.77. The molecule has 0 spiro atoms. The lowest BCUT2D eigenvalue weighted by molar-refractivity contribution is 0.191. The van der Waals surface area contributed by atoms with Gasteiger partial charge in [-0.1, -0.05) is 19.1 Å². The summed E-state index contributed by atoms with van der Waals surface area (Å²) in [4.78, 5) is 8.07. The topological polar surface area (TPSA) is 61.0 Å². The number of rotatable bonds is 4. The molecule has 0 aromatic carbocycles. The minimum absolute atomic E-state index is 0.413. The van der Waals surface area contributed by atoms with E-state index >= 15 is 0 Å². The van der Waals surface area contributed by atoms with Crippen LogP contribution in [0.2, 0.25) is 0 Å². The molecule has 2 rings (SSSR count). The van der Waals surface area contributed by atoms with E-state index in [9.17, 15) is 0 Å². The molecule has 17 heavy (non-hydrogen) atoms. The molecule has 0 saturated carbocycles. The van der Waals surface area contributed by atoms with E-state index in [0.29, 0.717) is 30.9 Å². The molecule has 4 nitrogen and oxygen atoms in total. The fourth-order valence-corrected chi connectivity index (χ4v) is 2.04. The van der Waals surface area contributed by atoms with Crippen molar-refractivity contribution in [1.82, 2.24) is 9.97 Å². The molecule has 0 fully saturated rings. The Kier molecular flexibility index (Phi) is 4.09. The van der Waals surface area contributed by atoms with Crippen LogP contribution in [0.25, 0.3) is 0 Å². The van der Waals surface area contributed by atoms with Crippen LogP contribution < -0.4 is 10.5 Å². The smallest absolute Gasteiger partial charge is 0.220 e. The average molecular weight is 233 g/mol. The average Bonchev–Trinajstić information content (AvgIpc) is 2.38. The molecule has 1 aromatic rings. The van der Waals surface area contributed by atoms with Gasteiger partial charge in [-0.25, -0.2) is 9.97 Å². The standard InChI is InChI=1S/C13H19N3O/c1-10-4-2-3-5-11(10)8-17-13-12(6-14)7-15-9-16-13/h2-3,7,9-11H,4-6,8,14H2,1H3. The van der Waals surface area contributed by atoms with Crippen LogP contribution in [0.1, 0.15) is 25.3 Å². The molecule has 0 saturated heterocycles. The molecule has 2 atom stereocenters. The van der Waals surface area contributed by atoms with E-state index in [2.05, 4.69) is 29.0 Å². The van der Waals surface area contributed by atoms with Crippen LogP contribution in [0.4, 0.5) is 0 Å². The van der Waals surface area contributed by atoms with E-state index in [1.807, 2.05) is 0 Å². The molecule has 92 valence electrons. The maximum atomic E-state index is 5.77. The molecule has 1 aliphatic carbocycles. The molecule has 0 amide bonds. The SMILES string of the molecule is CC1CC=CCC1COc1ncncc1CN. The highest BCUT2D eigenvalue weighted by molar-refractivity contribution is 5.21. The molecular weight excluding hydrogens is 214 g/mol. The Morgan fingerprint density at radius 2 is 2.24 bits per heavy atom. The molecule has 1 aromatic heterocycles. The van der Waals surface area contributed by atoms with Crippen molar-refractivity contribution >= 4 is 0 Å². The van der Waals surface area contributed by atoms with Gasteiger partial charge in [0.2, 0.25) is 5.88 Å². The fourth-order valence-electron chi connectivity index (χ4n) is 2.04. The van der Waals surface area contributed by atoms with Gasteiger partial charge in [0.25, 0.3) is 0 Å². The van der Waals surface area contributed by atoms with Crippen LogP contribution in [-0.2, 0) is 6.54 Å². The number of nitrogens with two attached hydrogens (primary N) is 1. The number of nitrogens with zero attached hydrogens (tertiary/aromatic N) is 2. The third kappa shape index (κ3) is 3.03. The first-order chi connectivity index (χ1) is 8.31. The number of allylic oxidation sites excluding steroid dienone is 2. The van der Waals surface area contributed by atoms with Gasteiger partial charge >= 0.3 is 0 Å². The van der Waals surface area contributed by atoms with Crippen LogP contribution in [0, 0.1) is 11.8 Å². The summed E-state index contributed by atoms with van der Waals surface area (Å²) in [6.45, 7) is 3.38. The second-order valence-electron chi connectivity index (χ2n) is 4.55. The first-order valence-electron chi connectivity index (χ1n) is 6.08. The fraction of sp³-hybridized carbons (Fsp3) is 0.538. The third-order valence-electron chi connectivity index (χ3n) is 3.32. The van der Waals surface area contributed by atoms with Crippen molar-refractivity contribution in [3.63, 3.8) is 0 Å². The van der Waals surface area contributed by atoms with Gasteiger partial charge in [0, 0.05) is 18.3 Å². The van der Waals surface area contributed by atoms with E-state index in [1.54, 1.807) is 6.20 Å². The van der Waals surface area contributed by atoms with Crippen LogP contribution in [0.3, 0.4) is 0 Å². The van der Waals surface area contributed by atoms with Crippen LogP contribution in [0.5, 0.6) is 5.88 Å². The van der Waals surface area contributed by atoms with Crippen molar-refractivity contribution in [2.75, 3.05) is 6.61 Å². The van der Waals surface area contributed by atoms with Crippen molar-refractivity contribution < 1.29 is 4.74 Å². The summed E-state index contributed by atoms with van der Waals surface area (Å²) in [5.74, 6) is 1.87. The van der Waals surface area contributed by atoms with E-state index < -0.39 is 0 Å². The van der Waals surface area contributed by atoms with Crippen LogP contribution in [-0.4, -0.2) is 16.6 Å². The minimum atomic E-state index is 0.413. The molecular formula is C13H19N3O. The molecule has 0 bridgehead atoms. The van der Waals surface area contributed by atoms with Gasteiger partial charge in [-0.2, -0.15) is 0 Å². The Morgan fingerprint density at radius 3 is 3.00 bits per heavy atom. The predicted octanol–water partition coefficient (Wildman–Crippen LogP) is 1.92. The van der Waals surface area contributed by atoms with Crippen LogP contribution in [0.15, 0.2) is 24.7 Å². The largest absolute Gasteiger partial charge is 0.477 e.